The van der Waals surface area contributed by atoms with Gasteiger partial charge in [0.2, 0.25) is 10.0 Å². The standard InChI is InChI=1S/C26H34N2O4S/c1-5-6-7-8-19-12-22(29)23(21-11-18(4)9-10-20(21)17(2)3)24(30)25(19)33(31,32)28-15-26(16-28)13-27-14-26/h9-12,27,29-30H,2,5-8,13-16H2,1,3-4H3. The Hall–Kier alpha value is -2.35. The Morgan fingerprint density at radius 1 is 1.18 bits per heavy atom. The number of benzene rings is 2. The van der Waals surface area contributed by atoms with Crippen LogP contribution in [0, 0.1) is 12.3 Å². The summed E-state index contributed by atoms with van der Waals surface area (Å²) in [5.41, 5.74) is 3.69. The minimum atomic E-state index is -3.92. The maximum absolute atomic E-state index is 13.7. The van der Waals surface area contributed by atoms with Crippen LogP contribution in [0.15, 0.2) is 35.7 Å². The summed E-state index contributed by atoms with van der Waals surface area (Å²) in [4.78, 5) is -0.0669. The van der Waals surface area contributed by atoms with Gasteiger partial charge in [-0.25, -0.2) is 8.42 Å². The van der Waals surface area contributed by atoms with Crippen LogP contribution < -0.4 is 5.32 Å². The highest BCUT2D eigenvalue weighted by Gasteiger charge is 2.52. The lowest BCUT2D eigenvalue weighted by Crippen LogP contribution is -2.71. The summed E-state index contributed by atoms with van der Waals surface area (Å²) in [5.74, 6) is -0.489. The normalized spacial score (nSPS) is 17.5. The molecule has 7 heteroatoms. The van der Waals surface area contributed by atoms with Crippen LogP contribution >= 0.6 is 0 Å². The van der Waals surface area contributed by atoms with Gasteiger partial charge in [0.25, 0.3) is 0 Å². The molecular formula is C26H34N2O4S. The molecule has 2 heterocycles. The Balaban J connectivity index is 1.87. The largest absolute Gasteiger partial charge is 0.507 e. The van der Waals surface area contributed by atoms with E-state index in [1.807, 2.05) is 32.0 Å². The van der Waals surface area contributed by atoms with Crippen molar-refractivity contribution >= 4 is 15.6 Å². The van der Waals surface area contributed by atoms with E-state index in [0.29, 0.717) is 30.6 Å². The van der Waals surface area contributed by atoms with Crippen LogP contribution in [0.25, 0.3) is 16.7 Å². The average molecular weight is 471 g/mol. The van der Waals surface area contributed by atoms with Crippen molar-refractivity contribution in [2.45, 2.75) is 51.3 Å². The topological polar surface area (TPSA) is 89.9 Å². The van der Waals surface area contributed by atoms with Gasteiger partial charge in [-0.1, -0.05) is 55.7 Å². The fraction of sp³-hybridized carbons (Fsp3) is 0.462. The Labute approximate surface area is 197 Å². The van der Waals surface area contributed by atoms with Crippen LogP contribution in [0.2, 0.25) is 0 Å². The molecule has 2 fully saturated rings. The molecule has 4 rings (SSSR count). The molecule has 2 saturated heterocycles. The third-order valence-corrected chi connectivity index (χ3v) is 8.80. The molecule has 0 aliphatic carbocycles. The number of aromatic hydroxyl groups is 2. The van der Waals surface area contributed by atoms with E-state index in [4.69, 9.17) is 0 Å². The Bertz CT molecular complexity index is 1190. The SMILES string of the molecule is C=C(C)c1ccc(C)cc1-c1c(O)cc(CCCCC)c(S(=O)(=O)N2CC3(CNC3)C2)c1O. The molecule has 1 spiro atoms. The van der Waals surface area contributed by atoms with Gasteiger partial charge >= 0.3 is 0 Å². The maximum atomic E-state index is 13.7. The summed E-state index contributed by atoms with van der Waals surface area (Å²) in [7, 11) is -3.92. The minimum absolute atomic E-state index is 0.0223. The van der Waals surface area contributed by atoms with Crippen LogP contribution in [0.4, 0.5) is 0 Å². The molecule has 33 heavy (non-hydrogen) atoms. The molecule has 3 N–H and O–H groups in total. The van der Waals surface area contributed by atoms with E-state index in [-0.39, 0.29) is 27.4 Å². The molecule has 6 nitrogen and oxygen atoms in total. The van der Waals surface area contributed by atoms with Crippen LogP contribution in [0.3, 0.4) is 0 Å². The molecule has 178 valence electrons. The highest BCUT2D eigenvalue weighted by Crippen LogP contribution is 2.48. The second kappa shape index (κ2) is 8.78. The number of phenols is 2. The molecular weight excluding hydrogens is 436 g/mol. The van der Waals surface area contributed by atoms with Gasteiger partial charge in [-0.3, -0.25) is 0 Å². The Morgan fingerprint density at radius 2 is 1.88 bits per heavy atom. The molecule has 0 bridgehead atoms. The zero-order chi connectivity index (χ0) is 24.0. The molecule has 0 radical (unpaired) electrons. The number of hydrogen-bond donors (Lipinski definition) is 3. The van der Waals surface area contributed by atoms with E-state index in [0.717, 1.165) is 49.1 Å². The van der Waals surface area contributed by atoms with Crippen molar-refractivity contribution in [3.63, 3.8) is 0 Å². The molecule has 0 saturated carbocycles. The van der Waals surface area contributed by atoms with Crippen molar-refractivity contribution in [2.24, 2.45) is 5.41 Å². The average Bonchev–Trinajstić information content (AvgIpc) is 2.65. The molecule has 0 aromatic heterocycles. The van der Waals surface area contributed by atoms with Crippen LogP contribution in [0.1, 0.15) is 49.8 Å². The van der Waals surface area contributed by atoms with E-state index in [1.54, 1.807) is 0 Å². The predicted octanol–water partition coefficient (Wildman–Crippen LogP) is 4.43. The van der Waals surface area contributed by atoms with Crippen LogP contribution in [-0.2, 0) is 16.4 Å². The van der Waals surface area contributed by atoms with E-state index >= 15 is 0 Å². The lowest BCUT2D eigenvalue weighted by atomic mass is 9.76. The highest BCUT2D eigenvalue weighted by atomic mass is 32.2. The van der Waals surface area contributed by atoms with Gasteiger partial charge in [0.1, 0.15) is 16.4 Å². The van der Waals surface area contributed by atoms with Gasteiger partial charge in [-0.2, -0.15) is 4.31 Å². The first-order valence-electron chi connectivity index (χ1n) is 11.7. The smallest absolute Gasteiger partial charge is 0.247 e. The molecule has 2 aliphatic rings. The van der Waals surface area contributed by atoms with E-state index in [9.17, 15) is 18.6 Å². The maximum Gasteiger partial charge on any atom is 0.247 e. The minimum Gasteiger partial charge on any atom is -0.507 e. The van der Waals surface area contributed by atoms with Crippen molar-refractivity contribution in [1.29, 1.82) is 0 Å². The molecule has 0 atom stereocenters. The molecule has 2 aromatic rings. The molecule has 0 amide bonds. The number of allylic oxidation sites excluding steroid dienone is 1. The summed E-state index contributed by atoms with van der Waals surface area (Å²) in [5, 5.41) is 25.7. The summed E-state index contributed by atoms with van der Waals surface area (Å²) < 4.78 is 28.9. The van der Waals surface area contributed by atoms with Crippen LogP contribution in [0.5, 0.6) is 11.5 Å². The zero-order valence-corrected chi connectivity index (χ0v) is 20.6. The third-order valence-electron chi connectivity index (χ3n) is 6.89. The van der Waals surface area contributed by atoms with Gasteiger partial charge < -0.3 is 15.5 Å². The Kier molecular flexibility index (Phi) is 6.33. The lowest BCUT2D eigenvalue weighted by Gasteiger charge is -2.55. The monoisotopic (exact) mass is 470 g/mol. The molecule has 0 unspecified atom stereocenters. The van der Waals surface area contributed by atoms with Gasteiger partial charge in [0, 0.05) is 31.6 Å². The number of hydrogen-bond acceptors (Lipinski definition) is 5. The van der Waals surface area contributed by atoms with E-state index in [1.165, 1.54) is 10.4 Å². The fourth-order valence-corrected chi connectivity index (χ4v) is 6.92. The van der Waals surface area contributed by atoms with Gasteiger partial charge in [-0.15, -0.1) is 0 Å². The summed E-state index contributed by atoms with van der Waals surface area (Å²) in [6.45, 7) is 12.4. The zero-order valence-electron chi connectivity index (χ0n) is 19.7. The molecule has 2 aromatic carbocycles. The predicted molar refractivity (Wildman–Crippen MR) is 132 cm³/mol. The van der Waals surface area contributed by atoms with Gasteiger partial charge in [-0.05, 0) is 49.4 Å². The van der Waals surface area contributed by atoms with Crippen molar-refractivity contribution in [3.05, 3.63) is 47.5 Å². The van der Waals surface area contributed by atoms with Crippen molar-refractivity contribution < 1.29 is 18.6 Å². The fourth-order valence-electron chi connectivity index (χ4n) is 4.93. The summed E-state index contributed by atoms with van der Waals surface area (Å²) in [6, 6.07) is 7.20. The Morgan fingerprint density at radius 3 is 2.45 bits per heavy atom. The highest BCUT2D eigenvalue weighted by molar-refractivity contribution is 7.89. The summed E-state index contributed by atoms with van der Waals surface area (Å²) >= 11 is 0. The number of nitrogens with one attached hydrogen (secondary N) is 1. The number of unbranched alkanes of at least 4 members (excludes halogenated alkanes) is 2. The number of rotatable bonds is 8. The quantitative estimate of drug-likeness (QED) is 0.497. The summed E-state index contributed by atoms with van der Waals surface area (Å²) in [6.07, 6.45) is 3.20. The molecule has 2 aliphatic heterocycles. The van der Waals surface area contributed by atoms with E-state index in [2.05, 4.69) is 18.8 Å². The first-order valence-corrected chi connectivity index (χ1v) is 13.1. The van der Waals surface area contributed by atoms with Crippen molar-refractivity contribution in [2.75, 3.05) is 26.2 Å². The van der Waals surface area contributed by atoms with Crippen molar-refractivity contribution in [1.82, 2.24) is 9.62 Å². The second-order valence-corrected chi connectivity index (χ2v) is 11.6. The van der Waals surface area contributed by atoms with Crippen LogP contribution in [-0.4, -0.2) is 49.1 Å². The van der Waals surface area contributed by atoms with E-state index < -0.39 is 10.0 Å². The van der Waals surface area contributed by atoms with Gasteiger partial charge in [0.15, 0.2) is 0 Å². The number of sulfonamides is 1. The first-order chi connectivity index (χ1) is 15.6. The number of phenolic OH excluding ortho intramolecular Hbond substituents is 2. The number of aryl methyl sites for hydroxylation is 2. The van der Waals surface area contributed by atoms with Crippen molar-refractivity contribution in [3.8, 4) is 22.6 Å². The lowest BCUT2D eigenvalue weighted by molar-refractivity contribution is 0.0163. The third kappa shape index (κ3) is 4.18. The van der Waals surface area contributed by atoms with Gasteiger partial charge in [0.05, 0.1) is 5.56 Å². The second-order valence-electron chi connectivity index (χ2n) is 9.77. The number of nitrogens with zero attached hydrogens (tertiary/aromatic N) is 1. The first kappa shape index (κ1) is 23.8.